The first-order valence-electron chi connectivity index (χ1n) is 9.70. The Morgan fingerprint density at radius 1 is 1.12 bits per heavy atom. The number of hydrogen-bond donors (Lipinski definition) is 2. The fourth-order valence-electron chi connectivity index (χ4n) is 3.01. The second-order valence-corrected chi connectivity index (χ2v) is 7.92. The van der Waals surface area contributed by atoms with Crippen molar-refractivity contribution in [3.05, 3.63) is 97.4 Å². The van der Waals surface area contributed by atoms with Crippen LogP contribution in [0.4, 0.5) is 8.78 Å². The molecule has 1 heterocycles. The van der Waals surface area contributed by atoms with Crippen LogP contribution in [0.5, 0.6) is 5.75 Å². The molecule has 0 saturated heterocycles. The van der Waals surface area contributed by atoms with E-state index in [0.717, 1.165) is 23.3 Å². The number of aromatic nitrogens is 1. The molecule has 0 aliphatic carbocycles. The summed E-state index contributed by atoms with van der Waals surface area (Å²) in [5, 5.41) is 11.3. The highest BCUT2D eigenvalue weighted by atomic mass is 79.9. The van der Waals surface area contributed by atoms with Gasteiger partial charge >= 0.3 is 0 Å². The number of carbonyl (C=O) groups is 1. The number of aryl methyl sites for hydroxylation is 1. The fraction of sp³-hybridized carbons (Fsp3) is 0.217. The molecule has 3 rings (SSSR count). The first-order valence-corrected chi connectivity index (χ1v) is 10.5. The minimum Gasteiger partial charge on any atom is -0.487 e. The van der Waals surface area contributed by atoms with Crippen LogP contribution in [0.1, 0.15) is 22.4 Å². The van der Waals surface area contributed by atoms with Gasteiger partial charge in [-0.15, -0.1) is 0 Å². The van der Waals surface area contributed by atoms with Gasteiger partial charge in [-0.2, -0.15) is 0 Å². The van der Waals surface area contributed by atoms with E-state index in [0.29, 0.717) is 18.8 Å². The van der Waals surface area contributed by atoms with Crippen molar-refractivity contribution in [3.63, 3.8) is 0 Å². The Bertz CT molecular complexity index is 1180. The van der Waals surface area contributed by atoms with Crippen LogP contribution in [0.2, 0.25) is 0 Å². The first-order chi connectivity index (χ1) is 15.3. The topological polar surface area (TPSA) is 80.6 Å². The Balaban J connectivity index is 1.72. The summed E-state index contributed by atoms with van der Waals surface area (Å²) >= 11 is 3.26. The molecule has 0 spiro atoms. The normalized spacial score (nSPS) is 10.8. The predicted molar refractivity (Wildman–Crippen MR) is 118 cm³/mol. The molecule has 9 heteroatoms. The quantitative estimate of drug-likeness (QED) is 0.490. The van der Waals surface area contributed by atoms with E-state index in [1.165, 1.54) is 6.07 Å². The summed E-state index contributed by atoms with van der Waals surface area (Å²) in [5.41, 5.74) is 2.25. The Morgan fingerprint density at radius 3 is 2.47 bits per heavy atom. The maximum absolute atomic E-state index is 13.8. The Hall–Kier alpha value is -3.04. The zero-order valence-corrected chi connectivity index (χ0v) is 18.8. The summed E-state index contributed by atoms with van der Waals surface area (Å²) in [7, 11) is 0. The standard InChI is InChI=1S/C23H21BrF2N2O4/c1-14-8-20(32-13-17-6-7-18(25)9-19(17)26)22(24)23(31)28(14)11-16-4-2-15(3-5-16)10-27-21(30)12-29/h2-9,29H,10-13H2,1H3,(H,27,30). The van der Waals surface area contributed by atoms with E-state index in [1.807, 2.05) is 24.3 Å². The molecule has 3 aromatic rings. The van der Waals surface area contributed by atoms with Crippen LogP contribution in [0.3, 0.4) is 0 Å². The van der Waals surface area contributed by atoms with Gasteiger partial charge in [0, 0.05) is 29.9 Å². The number of rotatable bonds is 8. The number of pyridine rings is 1. The number of carbonyl (C=O) groups excluding carboxylic acids is 1. The van der Waals surface area contributed by atoms with E-state index < -0.39 is 24.1 Å². The maximum atomic E-state index is 13.8. The SMILES string of the molecule is Cc1cc(OCc2ccc(F)cc2F)c(Br)c(=O)n1Cc1ccc(CNC(=O)CO)cc1. The van der Waals surface area contributed by atoms with Crippen LogP contribution in [0.25, 0.3) is 0 Å². The third-order valence-corrected chi connectivity index (χ3v) is 5.54. The largest absolute Gasteiger partial charge is 0.487 e. The molecule has 1 aromatic heterocycles. The smallest absolute Gasteiger partial charge is 0.269 e. The third-order valence-electron chi connectivity index (χ3n) is 4.81. The summed E-state index contributed by atoms with van der Waals surface area (Å²) in [4.78, 5) is 24.0. The van der Waals surface area contributed by atoms with Gasteiger partial charge in [0.25, 0.3) is 5.56 Å². The van der Waals surface area contributed by atoms with Gasteiger partial charge in [-0.05, 0) is 46.1 Å². The van der Waals surface area contributed by atoms with Crippen molar-refractivity contribution in [3.8, 4) is 5.75 Å². The third kappa shape index (κ3) is 5.80. The van der Waals surface area contributed by atoms with E-state index in [1.54, 1.807) is 17.6 Å². The number of halogens is 3. The van der Waals surface area contributed by atoms with Crippen LogP contribution < -0.4 is 15.6 Å². The summed E-state index contributed by atoms with van der Waals surface area (Å²) in [6.45, 7) is 1.66. The molecule has 2 N–H and O–H groups in total. The first kappa shape index (κ1) is 23.6. The lowest BCUT2D eigenvalue weighted by molar-refractivity contribution is -0.123. The molecule has 0 bridgehead atoms. The Morgan fingerprint density at radius 2 is 1.81 bits per heavy atom. The molecule has 2 aromatic carbocycles. The second-order valence-electron chi connectivity index (χ2n) is 7.13. The van der Waals surface area contributed by atoms with Crippen LogP contribution in [0, 0.1) is 18.6 Å². The molecule has 0 fully saturated rings. The van der Waals surface area contributed by atoms with Gasteiger partial charge in [0.2, 0.25) is 5.91 Å². The highest BCUT2D eigenvalue weighted by Gasteiger charge is 2.14. The minimum atomic E-state index is -0.717. The van der Waals surface area contributed by atoms with Crippen molar-refractivity contribution in [2.24, 2.45) is 0 Å². The van der Waals surface area contributed by atoms with Crippen LogP contribution in [-0.4, -0.2) is 22.2 Å². The van der Waals surface area contributed by atoms with Gasteiger partial charge in [-0.25, -0.2) is 8.78 Å². The van der Waals surface area contributed by atoms with Gasteiger partial charge in [-0.1, -0.05) is 24.3 Å². The lowest BCUT2D eigenvalue weighted by atomic mass is 10.1. The zero-order valence-electron chi connectivity index (χ0n) is 17.2. The molecule has 1 amide bonds. The molecule has 0 unspecified atom stereocenters. The van der Waals surface area contributed by atoms with Gasteiger partial charge in [0.15, 0.2) is 0 Å². The lowest BCUT2D eigenvalue weighted by Crippen LogP contribution is -2.25. The Labute approximate surface area is 191 Å². The highest BCUT2D eigenvalue weighted by molar-refractivity contribution is 9.10. The average Bonchev–Trinajstić information content (AvgIpc) is 2.78. The summed E-state index contributed by atoms with van der Waals surface area (Å²) < 4.78 is 34.3. The van der Waals surface area contributed by atoms with Crippen LogP contribution in [0.15, 0.2) is 57.8 Å². The van der Waals surface area contributed by atoms with Crippen LogP contribution >= 0.6 is 15.9 Å². The maximum Gasteiger partial charge on any atom is 0.269 e. The van der Waals surface area contributed by atoms with Crippen molar-refractivity contribution in [1.82, 2.24) is 9.88 Å². The highest BCUT2D eigenvalue weighted by Crippen LogP contribution is 2.24. The number of hydrogen-bond acceptors (Lipinski definition) is 4. The second kappa shape index (κ2) is 10.5. The number of aliphatic hydroxyl groups is 1. The van der Waals surface area contributed by atoms with E-state index in [2.05, 4.69) is 21.2 Å². The molecule has 0 aliphatic rings. The molecule has 0 atom stereocenters. The van der Waals surface area contributed by atoms with Gasteiger partial charge < -0.3 is 19.7 Å². The van der Waals surface area contributed by atoms with Crippen molar-refractivity contribution >= 4 is 21.8 Å². The molecular formula is C23H21BrF2N2O4. The van der Waals surface area contributed by atoms with Crippen molar-refractivity contribution in [1.29, 1.82) is 0 Å². The molecule has 0 aliphatic heterocycles. The number of nitrogens with zero attached hydrogens (tertiary/aromatic N) is 1. The number of nitrogens with one attached hydrogen (secondary N) is 1. The monoisotopic (exact) mass is 506 g/mol. The van der Waals surface area contributed by atoms with Gasteiger partial charge in [-0.3, -0.25) is 9.59 Å². The summed E-state index contributed by atoms with van der Waals surface area (Å²) in [6.07, 6.45) is 0. The van der Waals surface area contributed by atoms with Crippen molar-refractivity contribution in [2.45, 2.75) is 26.6 Å². The molecule has 6 nitrogen and oxygen atoms in total. The van der Waals surface area contributed by atoms with Crippen molar-refractivity contribution < 1.29 is 23.4 Å². The van der Waals surface area contributed by atoms with E-state index in [-0.39, 0.29) is 28.0 Å². The zero-order chi connectivity index (χ0) is 23.3. The number of amides is 1. The van der Waals surface area contributed by atoms with Gasteiger partial charge in [0.1, 0.15) is 35.1 Å². The molecular weight excluding hydrogens is 486 g/mol. The summed E-state index contributed by atoms with van der Waals surface area (Å²) in [5.74, 6) is -1.58. The van der Waals surface area contributed by atoms with Gasteiger partial charge in [0.05, 0.1) is 6.54 Å². The number of aliphatic hydroxyl groups excluding tert-OH is 1. The predicted octanol–water partition coefficient (Wildman–Crippen LogP) is 3.43. The molecule has 168 valence electrons. The number of ether oxygens (including phenoxy) is 1. The van der Waals surface area contributed by atoms with E-state index in [4.69, 9.17) is 9.84 Å². The molecule has 0 radical (unpaired) electrons. The lowest BCUT2D eigenvalue weighted by Gasteiger charge is -2.15. The molecule has 0 saturated carbocycles. The van der Waals surface area contributed by atoms with E-state index in [9.17, 15) is 18.4 Å². The van der Waals surface area contributed by atoms with Crippen LogP contribution in [-0.2, 0) is 24.5 Å². The summed E-state index contributed by atoms with van der Waals surface area (Å²) in [6, 6.07) is 12.3. The molecule has 32 heavy (non-hydrogen) atoms. The Kier molecular flexibility index (Phi) is 7.76. The average molecular weight is 507 g/mol. The number of benzene rings is 2. The van der Waals surface area contributed by atoms with Crippen molar-refractivity contribution in [2.75, 3.05) is 6.61 Å². The fourth-order valence-corrected chi connectivity index (χ4v) is 3.46. The minimum absolute atomic E-state index is 0.151. The van der Waals surface area contributed by atoms with E-state index >= 15 is 0 Å².